The van der Waals surface area contributed by atoms with Gasteiger partial charge >= 0.3 is 0 Å². The minimum Gasteiger partial charge on any atom is -0.454 e. The number of fused-ring (bicyclic) bond motifs is 1. The molecule has 2 aliphatic heterocycles. The van der Waals surface area contributed by atoms with Gasteiger partial charge in [-0.2, -0.15) is 0 Å². The van der Waals surface area contributed by atoms with Crippen molar-refractivity contribution in [2.75, 3.05) is 39.5 Å². The first-order valence-electron chi connectivity index (χ1n) is 9.51. The molecule has 1 saturated heterocycles. The topological polar surface area (TPSA) is 54.0 Å². The minimum absolute atomic E-state index is 0.102. The van der Waals surface area contributed by atoms with Crippen LogP contribution in [0.25, 0.3) is 0 Å². The average Bonchev–Trinajstić information content (AvgIpc) is 3.18. The molecule has 0 saturated carbocycles. The number of rotatable bonds is 6. The highest BCUT2D eigenvalue weighted by molar-refractivity contribution is 5.78. The Morgan fingerprint density at radius 3 is 2.46 bits per heavy atom. The molecule has 1 N–H and O–H groups in total. The molecule has 0 atom stereocenters. The summed E-state index contributed by atoms with van der Waals surface area (Å²) in [5.41, 5.74) is 2.15. The maximum absolute atomic E-state index is 12.9. The summed E-state index contributed by atoms with van der Waals surface area (Å²) in [4.78, 5) is 16.6. The second-order valence-corrected chi connectivity index (χ2v) is 7.07. The van der Waals surface area contributed by atoms with Crippen molar-refractivity contribution in [2.45, 2.75) is 13.1 Å². The first kappa shape index (κ1) is 18.7. The van der Waals surface area contributed by atoms with E-state index in [1.165, 1.54) is 17.7 Å². The van der Waals surface area contributed by atoms with Crippen molar-refractivity contribution < 1.29 is 18.7 Å². The second-order valence-electron chi connectivity index (χ2n) is 7.07. The monoisotopic (exact) mass is 385 g/mol. The van der Waals surface area contributed by atoms with Crippen molar-refractivity contribution in [2.24, 2.45) is 0 Å². The fraction of sp³-hybridized carbons (Fsp3) is 0.381. The Hall–Kier alpha value is -2.64. The Bertz CT molecular complexity index is 820. The molecular formula is C21H24FN3O3. The quantitative estimate of drug-likeness (QED) is 0.824. The van der Waals surface area contributed by atoms with Crippen molar-refractivity contribution in [3.63, 3.8) is 0 Å². The van der Waals surface area contributed by atoms with Crippen LogP contribution < -0.4 is 14.8 Å². The van der Waals surface area contributed by atoms with Crippen LogP contribution in [0.1, 0.15) is 11.1 Å². The molecule has 2 aromatic carbocycles. The van der Waals surface area contributed by atoms with Crippen molar-refractivity contribution >= 4 is 5.91 Å². The number of hydrogen-bond donors (Lipinski definition) is 1. The Balaban J connectivity index is 1.19. The van der Waals surface area contributed by atoms with Gasteiger partial charge in [-0.1, -0.05) is 18.2 Å². The van der Waals surface area contributed by atoms with Crippen LogP contribution in [0.15, 0.2) is 42.5 Å². The molecule has 28 heavy (non-hydrogen) atoms. The van der Waals surface area contributed by atoms with E-state index in [9.17, 15) is 9.18 Å². The molecule has 1 amide bonds. The molecule has 7 heteroatoms. The first-order valence-corrected chi connectivity index (χ1v) is 9.51. The summed E-state index contributed by atoms with van der Waals surface area (Å²) in [6.07, 6.45) is 0. The lowest BCUT2D eigenvalue weighted by atomic mass is 10.1. The summed E-state index contributed by atoms with van der Waals surface area (Å²) in [6.45, 7) is 5.10. The second kappa shape index (κ2) is 8.58. The van der Waals surface area contributed by atoms with Gasteiger partial charge in [-0.05, 0) is 35.4 Å². The highest BCUT2D eigenvalue weighted by Crippen LogP contribution is 2.32. The SMILES string of the molecule is O=C(CNCc1ccc(F)cc1)N1CCN(Cc2ccc3c(c2)OCO3)CC1. The third kappa shape index (κ3) is 4.61. The van der Waals surface area contributed by atoms with E-state index in [-0.39, 0.29) is 18.5 Å². The number of ether oxygens (including phenoxy) is 2. The summed E-state index contributed by atoms with van der Waals surface area (Å²) in [5, 5.41) is 3.14. The Morgan fingerprint density at radius 2 is 1.68 bits per heavy atom. The van der Waals surface area contributed by atoms with Gasteiger partial charge in [0.15, 0.2) is 11.5 Å². The highest BCUT2D eigenvalue weighted by Gasteiger charge is 2.21. The molecule has 0 unspecified atom stereocenters. The van der Waals surface area contributed by atoms with Crippen LogP contribution in [-0.2, 0) is 17.9 Å². The van der Waals surface area contributed by atoms with E-state index in [1.807, 2.05) is 17.0 Å². The van der Waals surface area contributed by atoms with E-state index in [0.717, 1.165) is 49.8 Å². The third-order valence-corrected chi connectivity index (χ3v) is 5.09. The van der Waals surface area contributed by atoms with E-state index >= 15 is 0 Å². The number of piperazine rings is 1. The first-order chi connectivity index (χ1) is 13.7. The molecule has 0 aliphatic carbocycles. The zero-order valence-corrected chi connectivity index (χ0v) is 15.7. The molecule has 0 bridgehead atoms. The molecule has 4 rings (SSSR count). The highest BCUT2D eigenvalue weighted by atomic mass is 19.1. The summed E-state index contributed by atoms with van der Waals surface area (Å²) in [7, 11) is 0. The van der Waals surface area contributed by atoms with Crippen molar-refractivity contribution in [3.05, 3.63) is 59.4 Å². The Kier molecular flexibility index (Phi) is 5.73. The van der Waals surface area contributed by atoms with E-state index < -0.39 is 0 Å². The summed E-state index contributed by atoms with van der Waals surface area (Å²) < 4.78 is 23.7. The Labute approximate surface area is 163 Å². The lowest BCUT2D eigenvalue weighted by Crippen LogP contribution is -2.50. The van der Waals surface area contributed by atoms with Crippen LogP contribution in [0.3, 0.4) is 0 Å². The molecule has 0 aromatic heterocycles. The van der Waals surface area contributed by atoms with Crippen molar-refractivity contribution in [1.29, 1.82) is 0 Å². The van der Waals surface area contributed by atoms with Gasteiger partial charge in [0.1, 0.15) is 5.82 Å². The van der Waals surface area contributed by atoms with Crippen LogP contribution >= 0.6 is 0 Å². The molecular weight excluding hydrogens is 361 g/mol. The summed E-state index contributed by atoms with van der Waals surface area (Å²) in [6, 6.07) is 12.3. The van der Waals surface area contributed by atoms with Crippen molar-refractivity contribution in [1.82, 2.24) is 15.1 Å². The lowest BCUT2D eigenvalue weighted by molar-refractivity contribution is -0.132. The predicted octanol–water partition coefficient (Wildman–Crippen LogP) is 1.99. The van der Waals surface area contributed by atoms with Gasteiger partial charge in [-0.3, -0.25) is 9.69 Å². The van der Waals surface area contributed by atoms with Crippen LogP contribution in [0, 0.1) is 5.82 Å². The molecule has 6 nitrogen and oxygen atoms in total. The number of halogens is 1. The Morgan fingerprint density at radius 1 is 0.964 bits per heavy atom. The number of hydrogen-bond acceptors (Lipinski definition) is 5. The van der Waals surface area contributed by atoms with E-state index in [4.69, 9.17) is 9.47 Å². The maximum Gasteiger partial charge on any atom is 0.236 e. The normalized spacial score (nSPS) is 16.4. The van der Waals surface area contributed by atoms with Crippen LogP contribution in [-0.4, -0.2) is 55.2 Å². The zero-order valence-electron chi connectivity index (χ0n) is 15.7. The van der Waals surface area contributed by atoms with Gasteiger partial charge in [0.25, 0.3) is 0 Å². The number of nitrogens with zero attached hydrogens (tertiary/aromatic N) is 2. The van der Waals surface area contributed by atoms with Crippen molar-refractivity contribution in [3.8, 4) is 11.5 Å². The van der Waals surface area contributed by atoms with Crippen LogP contribution in [0.5, 0.6) is 11.5 Å². The summed E-state index contributed by atoms with van der Waals surface area (Å²) >= 11 is 0. The standard InChI is InChI=1S/C21H24FN3O3/c22-18-4-1-16(2-5-18)12-23-13-21(26)25-9-7-24(8-10-25)14-17-3-6-19-20(11-17)28-15-27-19/h1-6,11,23H,7-10,12-15H2. The van der Waals surface area contributed by atoms with Gasteiger partial charge in [0, 0.05) is 39.3 Å². The third-order valence-electron chi connectivity index (χ3n) is 5.09. The molecule has 0 spiro atoms. The van der Waals surface area contributed by atoms with Gasteiger partial charge in [0.05, 0.1) is 6.54 Å². The zero-order chi connectivity index (χ0) is 19.3. The van der Waals surface area contributed by atoms with Gasteiger partial charge in [-0.15, -0.1) is 0 Å². The fourth-order valence-corrected chi connectivity index (χ4v) is 3.48. The molecule has 0 radical (unpaired) electrons. The average molecular weight is 385 g/mol. The maximum atomic E-state index is 12.9. The fourth-order valence-electron chi connectivity index (χ4n) is 3.48. The van der Waals surface area contributed by atoms with E-state index in [2.05, 4.69) is 16.3 Å². The van der Waals surface area contributed by atoms with Gasteiger partial charge in [0.2, 0.25) is 12.7 Å². The molecule has 2 aromatic rings. The minimum atomic E-state index is -0.251. The number of amides is 1. The van der Waals surface area contributed by atoms with Gasteiger partial charge < -0.3 is 19.7 Å². The number of carbonyl (C=O) groups excluding carboxylic acids is 1. The molecule has 1 fully saturated rings. The van der Waals surface area contributed by atoms with E-state index in [0.29, 0.717) is 13.1 Å². The number of benzene rings is 2. The van der Waals surface area contributed by atoms with Crippen LogP contribution in [0.2, 0.25) is 0 Å². The molecule has 2 heterocycles. The largest absolute Gasteiger partial charge is 0.454 e. The molecule has 148 valence electrons. The summed E-state index contributed by atoms with van der Waals surface area (Å²) in [5.74, 6) is 1.45. The van der Waals surface area contributed by atoms with Crippen LogP contribution in [0.4, 0.5) is 4.39 Å². The molecule has 2 aliphatic rings. The number of nitrogens with one attached hydrogen (secondary N) is 1. The van der Waals surface area contributed by atoms with Gasteiger partial charge in [-0.25, -0.2) is 4.39 Å². The smallest absolute Gasteiger partial charge is 0.236 e. The van der Waals surface area contributed by atoms with E-state index in [1.54, 1.807) is 12.1 Å². The lowest BCUT2D eigenvalue weighted by Gasteiger charge is -2.34. The predicted molar refractivity (Wildman–Crippen MR) is 103 cm³/mol. The number of carbonyl (C=O) groups is 1.